The van der Waals surface area contributed by atoms with Crippen LogP contribution in [0.1, 0.15) is 12.6 Å². The number of hydrogen-bond donors (Lipinski definition) is 0. The fraction of sp³-hybridized carbons (Fsp3) is 0.0217. The van der Waals surface area contributed by atoms with Gasteiger partial charge in [-0.25, -0.2) is 0 Å². The molecule has 0 aliphatic carbocycles. The average molecular weight is 600 g/mol. The van der Waals surface area contributed by atoms with Gasteiger partial charge < -0.3 is 0 Å². The molecule has 8 rings (SSSR count). The molecule has 0 unspecified atom stereocenters. The molecular formula is C46H33N. The van der Waals surface area contributed by atoms with E-state index in [1.54, 1.807) is 6.08 Å². The zero-order valence-electron chi connectivity index (χ0n) is 26.3. The van der Waals surface area contributed by atoms with Crippen molar-refractivity contribution in [3.8, 4) is 33.4 Å². The Balaban J connectivity index is 1.41. The van der Waals surface area contributed by atoms with Crippen LogP contribution in [0.5, 0.6) is 0 Å². The predicted octanol–water partition coefficient (Wildman–Crippen LogP) is 12.8. The van der Waals surface area contributed by atoms with Gasteiger partial charge in [0.15, 0.2) is 0 Å². The van der Waals surface area contributed by atoms with Gasteiger partial charge in [-0.3, -0.25) is 4.98 Å². The minimum atomic E-state index is 0.925. The van der Waals surface area contributed by atoms with Crippen molar-refractivity contribution >= 4 is 48.7 Å². The van der Waals surface area contributed by atoms with Gasteiger partial charge in [-0.2, -0.15) is 0 Å². The summed E-state index contributed by atoms with van der Waals surface area (Å²) < 4.78 is 0. The molecule has 0 aliphatic rings. The van der Waals surface area contributed by atoms with E-state index in [-0.39, 0.29) is 0 Å². The summed E-state index contributed by atoms with van der Waals surface area (Å²) in [5, 5.41) is 9.93. The molecule has 8 aromatic rings. The first-order valence-electron chi connectivity index (χ1n) is 16.1. The number of hydrogen-bond acceptors (Lipinski definition) is 1. The number of allylic oxidation sites excluding steroid dienone is 5. The second-order valence-electron chi connectivity index (χ2n) is 12.0. The highest BCUT2D eigenvalue weighted by atomic mass is 14.7. The zero-order valence-corrected chi connectivity index (χ0v) is 26.3. The van der Waals surface area contributed by atoms with Gasteiger partial charge in [0.25, 0.3) is 0 Å². The number of rotatable bonds is 6. The van der Waals surface area contributed by atoms with E-state index in [2.05, 4.69) is 152 Å². The van der Waals surface area contributed by atoms with E-state index >= 15 is 0 Å². The quantitative estimate of drug-likeness (QED) is 0.137. The van der Waals surface area contributed by atoms with E-state index in [1.807, 2.05) is 25.3 Å². The van der Waals surface area contributed by atoms with E-state index in [0.29, 0.717) is 0 Å². The van der Waals surface area contributed by atoms with Crippen molar-refractivity contribution in [1.82, 2.24) is 4.98 Å². The largest absolute Gasteiger partial charge is 0.256 e. The fourth-order valence-electron chi connectivity index (χ4n) is 6.94. The molecule has 222 valence electrons. The molecule has 0 saturated carbocycles. The molecule has 0 fully saturated rings. The SMILES string of the molecule is C=C/C=C(\C=C/C)c1ccc(-c2ccc3c(-c4ccc5ccccc5c4)c4ccccc4c(-c4ccc5ccccc5c4)c3c2)cn1. The van der Waals surface area contributed by atoms with E-state index in [4.69, 9.17) is 4.98 Å². The summed E-state index contributed by atoms with van der Waals surface area (Å²) >= 11 is 0. The maximum Gasteiger partial charge on any atom is 0.0702 e. The van der Waals surface area contributed by atoms with Crippen LogP contribution in [0.25, 0.3) is 82.0 Å². The lowest BCUT2D eigenvalue weighted by Crippen LogP contribution is -1.93. The van der Waals surface area contributed by atoms with Gasteiger partial charge in [0.2, 0.25) is 0 Å². The Morgan fingerprint density at radius 3 is 1.62 bits per heavy atom. The summed E-state index contributed by atoms with van der Waals surface area (Å²) in [5.74, 6) is 0. The lowest BCUT2D eigenvalue weighted by Gasteiger charge is -2.19. The molecule has 0 spiro atoms. The Morgan fingerprint density at radius 1 is 0.511 bits per heavy atom. The summed E-state index contributed by atoms with van der Waals surface area (Å²) in [7, 11) is 0. The van der Waals surface area contributed by atoms with Crippen LogP contribution in [0.4, 0.5) is 0 Å². The first-order chi connectivity index (χ1) is 23.2. The van der Waals surface area contributed by atoms with Crippen molar-refractivity contribution in [2.75, 3.05) is 0 Å². The van der Waals surface area contributed by atoms with Crippen LogP contribution in [-0.4, -0.2) is 4.98 Å². The van der Waals surface area contributed by atoms with Crippen molar-refractivity contribution in [2.24, 2.45) is 0 Å². The van der Waals surface area contributed by atoms with Crippen molar-refractivity contribution in [1.29, 1.82) is 0 Å². The van der Waals surface area contributed by atoms with Gasteiger partial charge in [0.1, 0.15) is 0 Å². The van der Waals surface area contributed by atoms with Crippen LogP contribution in [0.2, 0.25) is 0 Å². The Bertz CT molecular complexity index is 2530. The van der Waals surface area contributed by atoms with E-state index in [1.165, 1.54) is 65.3 Å². The van der Waals surface area contributed by atoms with Crippen molar-refractivity contribution < 1.29 is 0 Å². The third-order valence-corrected chi connectivity index (χ3v) is 9.14. The van der Waals surface area contributed by atoms with Crippen LogP contribution in [0, 0.1) is 0 Å². The molecule has 0 radical (unpaired) electrons. The average Bonchev–Trinajstić information content (AvgIpc) is 3.13. The van der Waals surface area contributed by atoms with E-state index in [0.717, 1.165) is 22.4 Å². The Hall–Kier alpha value is -6.05. The minimum Gasteiger partial charge on any atom is -0.256 e. The van der Waals surface area contributed by atoms with Crippen LogP contribution in [0.15, 0.2) is 177 Å². The summed E-state index contributed by atoms with van der Waals surface area (Å²) in [4.78, 5) is 4.86. The molecule has 0 saturated heterocycles. The van der Waals surface area contributed by atoms with Crippen LogP contribution in [0.3, 0.4) is 0 Å². The summed E-state index contributed by atoms with van der Waals surface area (Å²) in [6.45, 7) is 5.90. The van der Waals surface area contributed by atoms with Gasteiger partial charge in [-0.05, 0) is 108 Å². The Morgan fingerprint density at radius 2 is 1.04 bits per heavy atom. The molecule has 7 aromatic carbocycles. The van der Waals surface area contributed by atoms with Crippen LogP contribution < -0.4 is 0 Å². The molecule has 1 aromatic heterocycles. The number of aromatic nitrogens is 1. The lowest BCUT2D eigenvalue weighted by atomic mass is 9.84. The smallest absolute Gasteiger partial charge is 0.0702 e. The van der Waals surface area contributed by atoms with Crippen LogP contribution >= 0.6 is 0 Å². The van der Waals surface area contributed by atoms with Gasteiger partial charge in [0, 0.05) is 11.8 Å². The highest BCUT2D eigenvalue weighted by Gasteiger charge is 2.18. The maximum absolute atomic E-state index is 4.86. The first kappa shape index (κ1) is 28.4. The number of pyridine rings is 1. The number of nitrogens with zero attached hydrogens (tertiary/aromatic N) is 1. The highest BCUT2D eigenvalue weighted by molar-refractivity contribution is 6.22. The molecule has 0 atom stereocenters. The molecule has 1 nitrogen and oxygen atoms in total. The Kier molecular flexibility index (Phi) is 7.28. The summed E-state index contributed by atoms with van der Waals surface area (Å²) in [6.07, 6.45) is 9.88. The maximum atomic E-state index is 4.86. The normalized spacial score (nSPS) is 12.1. The second kappa shape index (κ2) is 12.0. The number of fused-ring (bicyclic) bond motifs is 4. The molecular weight excluding hydrogens is 567 g/mol. The molecule has 47 heavy (non-hydrogen) atoms. The van der Waals surface area contributed by atoms with E-state index < -0.39 is 0 Å². The van der Waals surface area contributed by atoms with E-state index in [9.17, 15) is 0 Å². The van der Waals surface area contributed by atoms with Crippen molar-refractivity contribution in [3.63, 3.8) is 0 Å². The summed E-state index contributed by atoms with van der Waals surface area (Å²) in [5.41, 5.74) is 9.13. The molecule has 1 heteroatoms. The highest BCUT2D eigenvalue weighted by Crippen LogP contribution is 2.45. The van der Waals surface area contributed by atoms with Gasteiger partial charge in [-0.1, -0.05) is 146 Å². The van der Waals surface area contributed by atoms with Gasteiger partial charge >= 0.3 is 0 Å². The minimum absolute atomic E-state index is 0.925. The molecule has 0 N–H and O–H groups in total. The molecule has 0 aliphatic heterocycles. The topological polar surface area (TPSA) is 12.9 Å². The monoisotopic (exact) mass is 599 g/mol. The predicted molar refractivity (Wildman–Crippen MR) is 204 cm³/mol. The third-order valence-electron chi connectivity index (χ3n) is 9.14. The van der Waals surface area contributed by atoms with Crippen molar-refractivity contribution in [2.45, 2.75) is 6.92 Å². The zero-order chi connectivity index (χ0) is 31.7. The van der Waals surface area contributed by atoms with Gasteiger partial charge in [-0.15, -0.1) is 0 Å². The standard InChI is InChI=1S/C46H33N/c1-3-11-33(12-4-2)44-26-24-39(30-47-44)36-23-25-42-43(29-36)46(38-22-20-32-14-6-8-16-35(32)28-38)41-18-10-9-17-40(41)45(42)37-21-19-31-13-5-7-15-34(31)27-37/h3-30H,1H2,2H3/b12-4-,33-11+. The lowest BCUT2D eigenvalue weighted by molar-refractivity contribution is 1.28. The third kappa shape index (κ3) is 5.13. The first-order valence-corrected chi connectivity index (χ1v) is 16.1. The Labute approximate surface area is 275 Å². The second-order valence-corrected chi connectivity index (χ2v) is 12.0. The molecule has 0 amide bonds. The van der Waals surface area contributed by atoms with Gasteiger partial charge in [0.05, 0.1) is 5.69 Å². The fourth-order valence-corrected chi connectivity index (χ4v) is 6.94. The van der Waals surface area contributed by atoms with Crippen molar-refractivity contribution in [3.05, 3.63) is 182 Å². The molecule has 0 bridgehead atoms. The summed E-state index contributed by atoms with van der Waals surface area (Å²) in [6, 6.07) is 51.0. The number of benzene rings is 7. The van der Waals surface area contributed by atoms with Crippen LogP contribution in [-0.2, 0) is 0 Å². The molecule has 1 heterocycles.